The zero-order valence-corrected chi connectivity index (χ0v) is 19.0. The van der Waals surface area contributed by atoms with Gasteiger partial charge in [0.15, 0.2) is 0 Å². The highest BCUT2D eigenvalue weighted by atomic mass is 35.5. The smallest absolute Gasteiger partial charge is 0.244 e. The van der Waals surface area contributed by atoms with Crippen molar-refractivity contribution in [2.45, 2.75) is 25.3 Å². The predicted molar refractivity (Wildman–Crippen MR) is 123 cm³/mol. The lowest BCUT2D eigenvalue weighted by Crippen LogP contribution is -2.41. The van der Waals surface area contributed by atoms with Gasteiger partial charge in [-0.3, -0.25) is 9.48 Å². The Morgan fingerprint density at radius 3 is 2.61 bits per heavy atom. The summed E-state index contributed by atoms with van der Waals surface area (Å²) in [5.74, 6) is 0.799. The van der Waals surface area contributed by atoms with Crippen LogP contribution in [0.2, 0.25) is 10.0 Å². The minimum atomic E-state index is 0.0272. The monoisotopic (exact) mass is 458 g/mol. The van der Waals surface area contributed by atoms with Gasteiger partial charge in [0.1, 0.15) is 6.54 Å². The molecule has 1 aliphatic heterocycles. The average Bonchev–Trinajstić information content (AvgIpc) is 3.18. The first-order chi connectivity index (χ1) is 14.9. The van der Waals surface area contributed by atoms with Crippen LogP contribution in [0.4, 0.5) is 5.95 Å². The van der Waals surface area contributed by atoms with E-state index in [0.717, 1.165) is 36.2 Å². The van der Waals surface area contributed by atoms with Gasteiger partial charge in [-0.25, -0.2) is 9.97 Å². The van der Waals surface area contributed by atoms with Gasteiger partial charge in [-0.05, 0) is 30.5 Å². The van der Waals surface area contributed by atoms with Crippen LogP contribution in [0.1, 0.15) is 24.5 Å². The SMILES string of the molecule is CN(C)c1ncc(-c2ccc(Cl)cc2)c([C@@H]2CCCN(C(=O)Cn3cc(Cl)cn3)C2)n1. The van der Waals surface area contributed by atoms with Crippen LogP contribution in [0.3, 0.4) is 0 Å². The molecule has 9 heteroatoms. The number of nitrogens with zero attached hydrogens (tertiary/aromatic N) is 6. The molecule has 0 spiro atoms. The standard InChI is InChI=1S/C22H24Cl2N6O/c1-28(2)22-25-11-19(15-5-7-17(23)8-6-15)21(27-22)16-4-3-9-29(12-16)20(31)14-30-13-18(24)10-26-30/h5-8,10-11,13,16H,3-4,9,12,14H2,1-2H3/t16-/m1/s1. The minimum Gasteiger partial charge on any atom is -0.347 e. The quantitative estimate of drug-likeness (QED) is 0.575. The summed E-state index contributed by atoms with van der Waals surface area (Å²) in [5.41, 5.74) is 2.94. The highest BCUT2D eigenvalue weighted by Crippen LogP contribution is 2.34. The van der Waals surface area contributed by atoms with Gasteiger partial charge in [0.05, 0.1) is 16.9 Å². The summed E-state index contributed by atoms with van der Waals surface area (Å²) in [5, 5.41) is 5.33. The van der Waals surface area contributed by atoms with Gasteiger partial charge in [0.2, 0.25) is 11.9 Å². The molecule has 3 aromatic rings. The van der Waals surface area contributed by atoms with E-state index in [4.69, 9.17) is 28.2 Å². The summed E-state index contributed by atoms with van der Waals surface area (Å²) in [6, 6.07) is 7.69. The largest absolute Gasteiger partial charge is 0.347 e. The molecule has 31 heavy (non-hydrogen) atoms. The van der Waals surface area contributed by atoms with Crippen LogP contribution >= 0.6 is 23.2 Å². The van der Waals surface area contributed by atoms with Crippen molar-refractivity contribution < 1.29 is 4.79 Å². The van der Waals surface area contributed by atoms with Gasteiger partial charge in [-0.2, -0.15) is 5.10 Å². The third-order valence-electron chi connectivity index (χ3n) is 5.42. The highest BCUT2D eigenvalue weighted by molar-refractivity contribution is 6.30. The molecule has 3 heterocycles. The molecule has 1 aliphatic rings. The van der Waals surface area contributed by atoms with Crippen molar-refractivity contribution >= 4 is 35.1 Å². The number of hydrogen-bond acceptors (Lipinski definition) is 5. The van der Waals surface area contributed by atoms with Crippen LogP contribution < -0.4 is 4.90 Å². The van der Waals surface area contributed by atoms with E-state index in [1.54, 1.807) is 10.9 Å². The molecule has 1 amide bonds. The second-order valence-corrected chi connectivity index (χ2v) is 8.78. The molecule has 0 unspecified atom stereocenters. The van der Waals surface area contributed by atoms with Crippen LogP contribution in [0.5, 0.6) is 0 Å². The fourth-order valence-corrected chi connectivity index (χ4v) is 4.14. The van der Waals surface area contributed by atoms with Crippen LogP contribution in [0.15, 0.2) is 42.9 Å². The summed E-state index contributed by atoms with van der Waals surface area (Å²) in [6.07, 6.45) is 6.94. The van der Waals surface area contributed by atoms with E-state index in [1.165, 1.54) is 6.20 Å². The van der Waals surface area contributed by atoms with Crippen LogP contribution in [0.25, 0.3) is 11.1 Å². The molecule has 1 atom stereocenters. The van der Waals surface area contributed by atoms with Gasteiger partial charge >= 0.3 is 0 Å². The second kappa shape index (κ2) is 9.24. The van der Waals surface area contributed by atoms with E-state index in [9.17, 15) is 4.79 Å². The molecule has 0 bridgehead atoms. The Hall–Kier alpha value is -2.64. The zero-order valence-electron chi connectivity index (χ0n) is 17.5. The predicted octanol–water partition coefficient (Wildman–Crippen LogP) is 4.12. The molecule has 0 radical (unpaired) electrons. The Kier molecular flexibility index (Phi) is 6.43. The number of carbonyl (C=O) groups is 1. The maximum Gasteiger partial charge on any atom is 0.244 e. The Bertz CT molecular complexity index is 1070. The van der Waals surface area contributed by atoms with Gasteiger partial charge in [-0.1, -0.05) is 35.3 Å². The van der Waals surface area contributed by atoms with Crippen molar-refractivity contribution in [2.24, 2.45) is 0 Å². The van der Waals surface area contributed by atoms with Crippen molar-refractivity contribution in [2.75, 3.05) is 32.1 Å². The number of likely N-dealkylation sites (tertiary alicyclic amines) is 1. The highest BCUT2D eigenvalue weighted by Gasteiger charge is 2.28. The number of hydrogen-bond donors (Lipinski definition) is 0. The summed E-state index contributed by atoms with van der Waals surface area (Å²) in [7, 11) is 3.85. The molecule has 0 aliphatic carbocycles. The van der Waals surface area contributed by atoms with Crippen molar-refractivity contribution in [1.82, 2.24) is 24.6 Å². The zero-order chi connectivity index (χ0) is 22.0. The van der Waals surface area contributed by atoms with E-state index in [2.05, 4.69) is 10.1 Å². The Morgan fingerprint density at radius 1 is 1.16 bits per heavy atom. The van der Waals surface area contributed by atoms with E-state index in [0.29, 0.717) is 22.5 Å². The van der Waals surface area contributed by atoms with Gasteiger partial charge < -0.3 is 9.80 Å². The molecule has 162 valence electrons. The van der Waals surface area contributed by atoms with Crippen LogP contribution in [-0.2, 0) is 11.3 Å². The first kappa shape index (κ1) is 21.6. The number of anilines is 1. The third-order valence-corrected chi connectivity index (χ3v) is 5.87. The van der Waals surface area contributed by atoms with Crippen molar-refractivity contribution in [1.29, 1.82) is 0 Å². The molecule has 1 saturated heterocycles. The number of rotatable bonds is 5. The molecule has 0 N–H and O–H groups in total. The number of amides is 1. The Labute approximate surface area is 191 Å². The van der Waals surface area contributed by atoms with Crippen LogP contribution in [0, 0.1) is 0 Å². The summed E-state index contributed by atoms with van der Waals surface area (Å²) in [4.78, 5) is 26.1. The minimum absolute atomic E-state index is 0.0272. The van der Waals surface area contributed by atoms with Gasteiger partial charge in [0, 0.05) is 56.1 Å². The Balaban J connectivity index is 1.61. The average molecular weight is 459 g/mol. The lowest BCUT2D eigenvalue weighted by Gasteiger charge is -2.33. The van der Waals surface area contributed by atoms with Crippen molar-refractivity contribution in [3.05, 3.63) is 58.6 Å². The van der Waals surface area contributed by atoms with Crippen molar-refractivity contribution in [3.63, 3.8) is 0 Å². The molecular formula is C22H24Cl2N6O. The lowest BCUT2D eigenvalue weighted by atomic mass is 9.90. The second-order valence-electron chi connectivity index (χ2n) is 7.91. The number of aromatic nitrogens is 4. The maximum atomic E-state index is 12.9. The fourth-order valence-electron chi connectivity index (χ4n) is 3.85. The molecule has 1 aromatic carbocycles. The molecule has 1 fully saturated rings. The Morgan fingerprint density at radius 2 is 1.94 bits per heavy atom. The lowest BCUT2D eigenvalue weighted by molar-refractivity contribution is -0.133. The van der Waals surface area contributed by atoms with Crippen LogP contribution in [-0.4, -0.2) is 57.7 Å². The van der Waals surface area contributed by atoms with E-state index in [1.807, 2.05) is 54.4 Å². The number of benzene rings is 1. The molecular weight excluding hydrogens is 435 g/mol. The third kappa shape index (κ3) is 4.99. The van der Waals surface area contributed by atoms with E-state index < -0.39 is 0 Å². The fraction of sp³-hybridized carbons (Fsp3) is 0.364. The summed E-state index contributed by atoms with van der Waals surface area (Å²) >= 11 is 12.0. The number of piperidine rings is 1. The van der Waals surface area contributed by atoms with Gasteiger partial charge in [0.25, 0.3) is 0 Å². The molecule has 0 saturated carbocycles. The van der Waals surface area contributed by atoms with Crippen molar-refractivity contribution in [3.8, 4) is 11.1 Å². The first-order valence-corrected chi connectivity index (χ1v) is 10.9. The molecule has 7 nitrogen and oxygen atoms in total. The topological polar surface area (TPSA) is 67.2 Å². The van der Waals surface area contributed by atoms with E-state index >= 15 is 0 Å². The molecule has 4 rings (SSSR count). The first-order valence-electron chi connectivity index (χ1n) is 10.2. The van der Waals surface area contributed by atoms with E-state index in [-0.39, 0.29) is 18.4 Å². The summed E-state index contributed by atoms with van der Waals surface area (Å²) < 4.78 is 1.57. The number of carbonyl (C=O) groups excluding carboxylic acids is 1. The normalized spacial score (nSPS) is 16.4. The molecule has 2 aromatic heterocycles. The summed E-state index contributed by atoms with van der Waals surface area (Å²) in [6.45, 7) is 1.51. The maximum absolute atomic E-state index is 12.9. The number of halogens is 2. The van der Waals surface area contributed by atoms with Gasteiger partial charge in [-0.15, -0.1) is 0 Å².